The molecule has 190 valence electrons. The molecule has 5 fully saturated rings. The quantitative estimate of drug-likeness (QED) is 0.357. The Bertz CT molecular complexity index is 1100. The molecule has 0 unspecified atom stereocenters. The van der Waals surface area contributed by atoms with Crippen molar-refractivity contribution in [3.8, 4) is 0 Å². The van der Waals surface area contributed by atoms with Crippen molar-refractivity contribution in [2.24, 2.45) is 17.3 Å². The SMILES string of the molecule is CC(C)[C@]12O[C@H]1[C@@H]1O[C@]13[C@]1(O[C@H]1C[C@H]1C4=C(CC[C@@]13C)C(=O)OC4)[C@@H]2OC(=O)CC[C@H]([NH3+])C(=O)[O-]. The van der Waals surface area contributed by atoms with Crippen LogP contribution in [0.4, 0.5) is 0 Å². The third-order valence-corrected chi connectivity index (χ3v) is 10.3. The van der Waals surface area contributed by atoms with E-state index >= 15 is 0 Å². The molecule has 4 aliphatic heterocycles. The maximum atomic E-state index is 13.0. The Labute approximate surface area is 202 Å². The predicted octanol–water partition coefficient (Wildman–Crippen LogP) is -1.21. The second kappa shape index (κ2) is 6.45. The molecule has 0 bridgehead atoms. The summed E-state index contributed by atoms with van der Waals surface area (Å²) < 4.78 is 31.1. The van der Waals surface area contributed by atoms with Crippen LogP contribution in [0.25, 0.3) is 0 Å². The number of hydrogen-bond donors (Lipinski definition) is 1. The van der Waals surface area contributed by atoms with Gasteiger partial charge >= 0.3 is 11.9 Å². The van der Waals surface area contributed by atoms with Gasteiger partial charge in [-0.1, -0.05) is 20.8 Å². The number of aliphatic carboxylic acids is 1. The maximum Gasteiger partial charge on any atom is 0.334 e. The predicted molar refractivity (Wildman–Crippen MR) is 112 cm³/mol. The van der Waals surface area contributed by atoms with E-state index in [-0.39, 0.29) is 54.4 Å². The smallest absolute Gasteiger partial charge is 0.334 e. The lowest BCUT2D eigenvalue weighted by Gasteiger charge is -2.53. The van der Waals surface area contributed by atoms with Crippen molar-refractivity contribution in [3.63, 3.8) is 0 Å². The molecule has 0 aromatic rings. The van der Waals surface area contributed by atoms with Gasteiger partial charge in [-0.05, 0) is 36.7 Å². The van der Waals surface area contributed by atoms with E-state index < -0.39 is 40.9 Å². The van der Waals surface area contributed by atoms with Crippen LogP contribution in [0.1, 0.15) is 52.9 Å². The molecule has 0 aromatic carbocycles. The highest BCUT2D eigenvalue weighted by Crippen LogP contribution is 2.83. The van der Waals surface area contributed by atoms with E-state index in [4.69, 9.17) is 23.7 Å². The van der Waals surface area contributed by atoms with Crippen molar-refractivity contribution in [1.29, 1.82) is 0 Å². The van der Waals surface area contributed by atoms with Gasteiger partial charge in [0.05, 0.1) is 18.5 Å². The largest absolute Gasteiger partial charge is 0.544 e. The minimum atomic E-state index is -1.29. The zero-order valence-electron chi connectivity index (χ0n) is 20.2. The van der Waals surface area contributed by atoms with E-state index in [0.717, 1.165) is 17.6 Å². The van der Waals surface area contributed by atoms with Crippen molar-refractivity contribution < 1.29 is 48.9 Å². The summed E-state index contributed by atoms with van der Waals surface area (Å²) in [5.41, 5.74) is 2.94. The fourth-order valence-corrected chi connectivity index (χ4v) is 8.44. The zero-order valence-corrected chi connectivity index (χ0v) is 20.2. The number of carbonyl (C=O) groups is 3. The molecule has 7 rings (SSSR count). The summed E-state index contributed by atoms with van der Waals surface area (Å²) in [4.78, 5) is 36.3. The molecule has 0 radical (unpaired) electrons. The molecule has 0 aromatic heterocycles. The molecule has 7 aliphatic rings. The molecule has 35 heavy (non-hydrogen) atoms. The zero-order chi connectivity index (χ0) is 24.7. The topological polar surface area (TPSA) is 158 Å². The Balaban J connectivity index is 1.25. The van der Waals surface area contributed by atoms with Gasteiger partial charge in [0.15, 0.2) is 11.7 Å². The summed E-state index contributed by atoms with van der Waals surface area (Å²) in [6, 6.07) is -0.987. The third-order valence-electron chi connectivity index (χ3n) is 10.3. The van der Waals surface area contributed by atoms with Gasteiger partial charge in [0, 0.05) is 17.4 Å². The summed E-state index contributed by atoms with van der Waals surface area (Å²) in [7, 11) is 0. The average Bonchev–Trinajstić information content (AvgIpc) is 3.70. The maximum absolute atomic E-state index is 13.0. The first kappa shape index (κ1) is 22.2. The van der Waals surface area contributed by atoms with Crippen LogP contribution in [0.15, 0.2) is 11.1 Å². The van der Waals surface area contributed by atoms with Crippen LogP contribution in [0.2, 0.25) is 0 Å². The number of ether oxygens (including phenoxy) is 5. The molecule has 10 nitrogen and oxygen atoms in total. The summed E-state index contributed by atoms with van der Waals surface area (Å²) >= 11 is 0. The molecule has 4 heterocycles. The van der Waals surface area contributed by atoms with Gasteiger partial charge in [0.25, 0.3) is 0 Å². The van der Waals surface area contributed by atoms with E-state index in [9.17, 15) is 19.5 Å². The standard InChI is InChI=1S/C25H31NO9/c1-10(2)23-17(34-23)18-25(35-18)22(3)7-6-11-12(9-31-20(11)30)13(22)8-15-24(25,33-15)21(23)32-16(27)5-4-14(26)19(28)29/h10,13-15,17-18,21H,4-9,26H2,1-3H3,(H,28,29)/t13-,14-,15-,17-,18-,21+,22-,23-,24+,25+/m0/s1. The Kier molecular flexibility index (Phi) is 4.10. The number of esters is 2. The van der Waals surface area contributed by atoms with Crippen LogP contribution in [-0.4, -0.2) is 71.8 Å². The monoisotopic (exact) mass is 489 g/mol. The van der Waals surface area contributed by atoms with Gasteiger partial charge in [0.1, 0.15) is 36.1 Å². The van der Waals surface area contributed by atoms with Crippen LogP contribution in [0.3, 0.4) is 0 Å². The van der Waals surface area contributed by atoms with Gasteiger partial charge in [-0.3, -0.25) is 4.79 Å². The van der Waals surface area contributed by atoms with Crippen molar-refractivity contribution in [1.82, 2.24) is 0 Å². The molecular weight excluding hydrogens is 458 g/mol. The highest BCUT2D eigenvalue weighted by Gasteiger charge is 3.01. The number of hydrogen-bond acceptors (Lipinski definition) is 9. The van der Waals surface area contributed by atoms with Crippen molar-refractivity contribution in [2.45, 2.75) is 100 Å². The third kappa shape index (κ3) is 2.34. The number of cyclic esters (lactones) is 1. The van der Waals surface area contributed by atoms with E-state index in [0.29, 0.717) is 19.4 Å². The van der Waals surface area contributed by atoms with Crippen LogP contribution < -0.4 is 10.8 Å². The molecule has 10 atom stereocenters. The number of carbonyl (C=O) groups excluding carboxylic acids is 3. The molecule has 3 N–H and O–H groups in total. The van der Waals surface area contributed by atoms with Gasteiger partial charge in [-0.25, -0.2) is 4.79 Å². The van der Waals surface area contributed by atoms with Gasteiger partial charge < -0.3 is 39.3 Å². The van der Waals surface area contributed by atoms with Crippen LogP contribution in [0, 0.1) is 17.3 Å². The number of fused-ring (bicyclic) bond motifs is 4. The molecule has 2 spiro atoms. The average molecular weight is 490 g/mol. The fourth-order valence-electron chi connectivity index (χ4n) is 8.44. The normalized spacial score (nSPS) is 50.5. The Morgan fingerprint density at radius 1 is 1.23 bits per heavy atom. The lowest BCUT2D eigenvalue weighted by molar-refractivity contribution is -0.438. The highest BCUT2D eigenvalue weighted by molar-refractivity contribution is 5.92. The van der Waals surface area contributed by atoms with E-state index in [1.165, 1.54) is 0 Å². The van der Waals surface area contributed by atoms with Gasteiger partial charge in [-0.15, -0.1) is 0 Å². The van der Waals surface area contributed by atoms with Crippen LogP contribution in [0.5, 0.6) is 0 Å². The molecule has 2 saturated carbocycles. The summed E-state index contributed by atoms with van der Waals surface area (Å²) in [5.74, 6) is -1.83. The molecule has 3 saturated heterocycles. The van der Waals surface area contributed by atoms with Crippen molar-refractivity contribution in [3.05, 3.63) is 11.1 Å². The Morgan fingerprint density at radius 2 is 2.00 bits per heavy atom. The second-order valence-electron chi connectivity index (χ2n) is 11.9. The first-order valence-corrected chi connectivity index (χ1v) is 12.7. The lowest BCUT2D eigenvalue weighted by Crippen LogP contribution is -2.70. The van der Waals surface area contributed by atoms with E-state index in [2.05, 4.69) is 26.5 Å². The van der Waals surface area contributed by atoms with Gasteiger partial charge in [-0.2, -0.15) is 0 Å². The second-order valence-corrected chi connectivity index (χ2v) is 11.9. The van der Waals surface area contributed by atoms with Gasteiger partial charge in [0.2, 0.25) is 0 Å². The number of epoxide rings is 3. The summed E-state index contributed by atoms with van der Waals surface area (Å²) in [6.45, 7) is 6.66. The fraction of sp³-hybridized carbons (Fsp3) is 0.800. The molecule has 0 amide bonds. The number of carboxylic acids is 1. The highest BCUT2D eigenvalue weighted by atomic mass is 16.8. The summed E-state index contributed by atoms with van der Waals surface area (Å²) in [5, 5.41) is 11.0. The minimum Gasteiger partial charge on any atom is -0.544 e. The Hall–Kier alpha value is -2.01. The molecule has 10 heteroatoms. The van der Waals surface area contributed by atoms with E-state index in [1.807, 2.05) is 0 Å². The molecule has 3 aliphatic carbocycles. The number of carboxylic acid groups (broad SMARTS) is 1. The van der Waals surface area contributed by atoms with Crippen LogP contribution in [-0.2, 0) is 38.1 Å². The van der Waals surface area contributed by atoms with E-state index in [1.54, 1.807) is 0 Å². The molecular formula is C25H31NO9. The minimum absolute atomic E-state index is 0.0408. The van der Waals surface area contributed by atoms with Crippen molar-refractivity contribution >= 4 is 17.9 Å². The first-order chi connectivity index (χ1) is 16.5. The first-order valence-electron chi connectivity index (χ1n) is 12.7. The number of quaternary nitrogens is 1. The van der Waals surface area contributed by atoms with Crippen LogP contribution >= 0.6 is 0 Å². The van der Waals surface area contributed by atoms with Crippen molar-refractivity contribution in [2.75, 3.05) is 6.61 Å². The Morgan fingerprint density at radius 3 is 2.71 bits per heavy atom. The summed E-state index contributed by atoms with van der Waals surface area (Å²) in [6.07, 6.45) is 0.877. The number of rotatable bonds is 6. The lowest BCUT2D eigenvalue weighted by atomic mass is 9.46.